The van der Waals surface area contributed by atoms with Gasteiger partial charge in [0.2, 0.25) is 10.9 Å². The van der Waals surface area contributed by atoms with E-state index in [1.165, 1.54) is 11.3 Å². The molecule has 9 heteroatoms. The first-order chi connectivity index (χ1) is 16.0. The highest BCUT2D eigenvalue weighted by Gasteiger charge is 2.17. The summed E-state index contributed by atoms with van der Waals surface area (Å²) < 4.78 is 11.1. The van der Waals surface area contributed by atoms with Crippen LogP contribution in [0.2, 0.25) is 0 Å². The molecule has 0 radical (unpaired) electrons. The van der Waals surface area contributed by atoms with Gasteiger partial charge in [0.25, 0.3) is 5.91 Å². The largest absolute Gasteiger partial charge is 0.486 e. The number of anilines is 1. The Labute approximate surface area is 196 Å². The molecule has 2 amide bonds. The molecular weight excluding hydrogens is 440 g/mol. The lowest BCUT2D eigenvalue weighted by molar-refractivity contribution is -0.121. The number of ether oxygens (including phenoxy) is 2. The van der Waals surface area contributed by atoms with Crippen LogP contribution in [0.1, 0.15) is 51.7 Å². The average Bonchev–Trinajstić information content (AvgIpc) is 3.29. The van der Waals surface area contributed by atoms with Crippen LogP contribution in [0.4, 0.5) is 5.69 Å². The maximum atomic E-state index is 12.4. The van der Waals surface area contributed by atoms with E-state index >= 15 is 0 Å². The predicted octanol–water partition coefficient (Wildman–Crippen LogP) is 4.07. The van der Waals surface area contributed by atoms with E-state index in [4.69, 9.17) is 9.47 Å². The Bertz CT molecular complexity index is 1130. The minimum Gasteiger partial charge on any atom is -0.486 e. The number of nitrogens with one attached hydrogen (secondary N) is 2. The third kappa shape index (κ3) is 6.07. The summed E-state index contributed by atoms with van der Waals surface area (Å²) in [6, 6.07) is 13.1. The molecule has 0 spiro atoms. The van der Waals surface area contributed by atoms with Crippen LogP contribution in [0.15, 0.2) is 42.5 Å². The lowest BCUT2D eigenvalue weighted by Gasteiger charge is -2.21. The molecule has 0 saturated carbocycles. The van der Waals surface area contributed by atoms with Crippen LogP contribution < -0.4 is 20.1 Å². The number of benzene rings is 2. The summed E-state index contributed by atoms with van der Waals surface area (Å²) >= 11 is 1.25. The number of rotatable bonds is 8. The number of amides is 2. The van der Waals surface area contributed by atoms with Gasteiger partial charge >= 0.3 is 0 Å². The Kier molecular flexibility index (Phi) is 7.19. The van der Waals surface area contributed by atoms with E-state index in [-0.39, 0.29) is 17.9 Å². The monoisotopic (exact) mass is 466 g/mol. The lowest BCUT2D eigenvalue weighted by Crippen LogP contribution is -2.26. The van der Waals surface area contributed by atoms with Gasteiger partial charge in [-0.15, -0.1) is 10.2 Å². The van der Waals surface area contributed by atoms with E-state index in [2.05, 4.69) is 20.8 Å². The molecule has 1 unspecified atom stereocenters. The van der Waals surface area contributed by atoms with Gasteiger partial charge in [0, 0.05) is 18.5 Å². The van der Waals surface area contributed by atoms with Gasteiger partial charge < -0.3 is 20.1 Å². The van der Waals surface area contributed by atoms with Crippen molar-refractivity contribution in [1.82, 2.24) is 15.5 Å². The maximum absolute atomic E-state index is 12.4. The molecule has 1 aromatic heterocycles. The summed E-state index contributed by atoms with van der Waals surface area (Å²) in [6.45, 7) is 5.00. The lowest BCUT2D eigenvalue weighted by atomic mass is 10.1. The molecule has 8 nitrogen and oxygen atoms in total. The highest BCUT2D eigenvalue weighted by Crippen LogP contribution is 2.32. The van der Waals surface area contributed by atoms with Gasteiger partial charge in [0.15, 0.2) is 11.5 Å². The summed E-state index contributed by atoms with van der Waals surface area (Å²) in [5.41, 5.74) is 2.79. The molecular formula is C24H26N4O4S. The maximum Gasteiger partial charge on any atom is 0.286 e. The van der Waals surface area contributed by atoms with Gasteiger partial charge in [0.05, 0.1) is 6.04 Å². The van der Waals surface area contributed by atoms with Crippen molar-refractivity contribution in [2.24, 2.45) is 0 Å². The van der Waals surface area contributed by atoms with Crippen LogP contribution in [-0.4, -0.2) is 35.2 Å². The Morgan fingerprint density at radius 3 is 2.61 bits per heavy atom. The fraction of sp³-hybridized carbons (Fsp3) is 0.333. The summed E-state index contributed by atoms with van der Waals surface area (Å²) in [7, 11) is 0. The summed E-state index contributed by atoms with van der Waals surface area (Å²) in [6.07, 6.45) is 1.56. The second-order valence-electron chi connectivity index (χ2n) is 7.87. The number of fused-ring (bicyclic) bond motifs is 1. The van der Waals surface area contributed by atoms with Crippen molar-refractivity contribution in [3.8, 4) is 11.5 Å². The smallest absolute Gasteiger partial charge is 0.286 e. The number of carbonyl (C=O) groups is 2. The highest BCUT2D eigenvalue weighted by molar-refractivity contribution is 7.13. The second kappa shape index (κ2) is 10.4. The number of hydrogen-bond donors (Lipinski definition) is 2. The van der Waals surface area contributed by atoms with Crippen molar-refractivity contribution < 1.29 is 19.1 Å². The van der Waals surface area contributed by atoms with Gasteiger partial charge in [-0.1, -0.05) is 35.1 Å². The van der Waals surface area contributed by atoms with Crippen LogP contribution in [0, 0.1) is 6.92 Å². The van der Waals surface area contributed by atoms with Crippen LogP contribution >= 0.6 is 11.3 Å². The minimum atomic E-state index is -0.284. The van der Waals surface area contributed by atoms with Gasteiger partial charge in [0.1, 0.15) is 18.2 Å². The van der Waals surface area contributed by atoms with Gasteiger partial charge in [-0.3, -0.25) is 9.59 Å². The molecule has 0 saturated heterocycles. The molecule has 3 aromatic rings. The molecule has 1 aliphatic heterocycles. The molecule has 1 atom stereocenters. The topological polar surface area (TPSA) is 102 Å². The third-order valence-corrected chi connectivity index (χ3v) is 6.19. The molecule has 2 N–H and O–H groups in total. The predicted molar refractivity (Wildman–Crippen MR) is 126 cm³/mol. The number of aryl methyl sites for hydroxylation is 2. The van der Waals surface area contributed by atoms with Gasteiger partial charge in [-0.05, 0) is 50.1 Å². The zero-order valence-corrected chi connectivity index (χ0v) is 19.4. The zero-order valence-electron chi connectivity index (χ0n) is 18.6. The Morgan fingerprint density at radius 1 is 1.06 bits per heavy atom. The van der Waals surface area contributed by atoms with Crippen molar-refractivity contribution >= 4 is 28.8 Å². The molecule has 0 fully saturated rings. The molecule has 0 aliphatic carbocycles. The second-order valence-corrected chi connectivity index (χ2v) is 8.93. The zero-order chi connectivity index (χ0) is 23.2. The van der Waals surface area contributed by atoms with Gasteiger partial charge in [-0.25, -0.2) is 0 Å². The summed E-state index contributed by atoms with van der Waals surface area (Å²) in [5, 5.41) is 14.9. The number of aromatic nitrogens is 2. The third-order valence-electron chi connectivity index (χ3n) is 5.21. The molecule has 0 bridgehead atoms. The first kappa shape index (κ1) is 22.7. The van der Waals surface area contributed by atoms with Crippen molar-refractivity contribution in [2.75, 3.05) is 18.5 Å². The molecule has 4 rings (SSSR count). The fourth-order valence-corrected chi connectivity index (χ4v) is 4.17. The normalized spacial score (nSPS) is 13.3. The fourth-order valence-electron chi connectivity index (χ4n) is 3.39. The molecule has 172 valence electrons. The molecule has 2 heterocycles. The first-order valence-corrected chi connectivity index (χ1v) is 11.7. The first-order valence-electron chi connectivity index (χ1n) is 10.9. The van der Waals surface area contributed by atoms with Crippen molar-refractivity contribution in [3.05, 3.63) is 63.6 Å². The van der Waals surface area contributed by atoms with E-state index in [9.17, 15) is 9.59 Å². The minimum absolute atomic E-state index is 0.0424. The molecule has 1 aliphatic rings. The SMILES string of the molecule is Cc1ccc(NC(=O)c2nnc(CCCC(=O)NC(C)c3ccc4c(c3)OCCO4)s2)cc1. The van der Waals surface area contributed by atoms with Crippen LogP contribution in [0.25, 0.3) is 0 Å². The Hall–Kier alpha value is -3.46. The average molecular weight is 467 g/mol. The van der Waals surface area contributed by atoms with E-state index in [1.807, 2.05) is 56.3 Å². The van der Waals surface area contributed by atoms with E-state index in [1.54, 1.807) is 0 Å². The number of carbonyl (C=O) groups excluding carboxylic acids is 2. The van der Waals surface area contributed by atoms with Crippen LogP contribution in [0.5, 0.6) is 11.5 Å². The summed E-state index contributed by atoms with van der Waals surface area (Å²) in [5.74, 6) is 1.11. The molecule has 33 heavy (non-hydrogen) atoms. The van der Waals surface area contributed by atoms with Gasteiger partial charge in [-0.2, -0.15) is 0 Å². The van der Waals surface area contributed by atoms with Crippen LogP contribution in [0.3, 0.4) is 0 Å². The quantitative estimate of drug-likeness (QED) is 0.519. The van der Waals surface area contributed by atoms with Crippen LogP contribution in [-0.2, 0) is 11.2 Å². The summed E-state index contributed by atoms with van der Waals surface area (Å²) in [4.78, 5) is 24.7. The number of hydrogen-bond acceptors (Lipinski definition) is 7. The van der Waals surface area contributed by atoms with Crippen molar-refractivity contribution in [3.63, 3.8) is 0 Å². The van der Waals surface area contributed by atoms with E-state index in [0.29, 0.717) is 48.9 Å². The number of nitrogens with zero attached hydrogens (tertiary/aromatic N) is 2. The Morgan fingerprint density at radius 2 is 1.82 bits per heavy atom. The molecule has 2 aromatic carbocycles. The standard InChI is InChI=1S/C24H26N4O4S/c1-15-6-9-18(10-7-15)26-23(30)24-28-27-22(33-24)5-3-4-21(29)25-16(2)17-8-11-19-20(14-17)32-13-12-31-19/h6-11,14,16H,3-5,12-13H2,1-2H3,(H,25,29)(H,26,30). The van der Waals surface area contributed by atoms with E-state index < -0.39 is 0 Å². The highest BCUT2D eigenvalue weighted by atomic mass is 32.1. The van der Waals surface area contributed by atoms with Crippen molar-refractivity contribution in [2.45, 2.75) is 39.2 Å². The van der Waals surface area contributed by atoms with E-state index in [0.717, 1.165) is 21.9 Å². The Balaban J connectivity index is 1.22. The van der Waals surface area contributed by atoms with Crippen molar-refractivity contribution in [1.29, 1.82) is 0 Å².